The highest BCUT2D eigenvalue weighted by molar-refractivity contribution is 5.38. The summed E-state index contributed by atoms with van der Waals surface area (Å²) in [5.41, 5.74) is 7.36. The minimum atomic E-state index is 0.214. The average Bonchev–Trinajstić information content (AvgIpc) is 2.57. The van der Waals surface area contributed by atoms with Crippen molar-refractivity contribution in [2.45, 2.75) is 12.0 Å². The molecule has 1 aliphatic rings. The summed E-state index contributed by atoms with van der Waals surface area (Å²) in [4.78, 5) is 2.27. The molecule has 0 radical (unpaired) electrons. The highest BCUT2D eigenvalue weighted by Crippen LogP contribution is 2.31. The Morgan fingerprint density at radius 2 is 2.07 bits per heavy atom. The zero-order valence-corrected chi connectivity index (χ0v) is 9.31. The Bertz CT molecular complexity index is 340. The minimum Gasteiger partial charge on any atom is -0.496 e. The van der Waals surface area contributed by atoms with E-state index < -0.39 is 0 Å². The summed E-state index contributed by atoms with van der Waals surface area (Å²) >= 11 is 0. The number of nitrogens with zero attached hydrogens (tertiary/aromatic N) is 1. The summed E-state index contributed by atoms with van der Waals surface area (Å²) < 4.78 is 5.37. The molecule has 3 nitrogen and oxygen atoms in total. The lowest BCUT2D eigenvalue weighted by molar-refractivity contribution is 0.395. The van der Waals surface area contributed by atoms with Gasteiger partial charge >= 0.3 is 0 Å². The molecule has 0 aliphatic carbocycles. The van der Waals surface area contributed by atoms with Crippen LogP contribution in [-0.4, -0.2) is 38.2 Å². The van der Waals surface area contributed by atoms with E-state index in [4.69, 9.17) is 10.5 Å². The molecule has 2 atom stereocenters. The van der Waals surface area contributed by atoms with Gasteiger partial charge in [0.05, 0.1) is 7.11 Å². The van der Waals surface area contributed by atoms with Crippen molar-refractivity contribution in [2.24, 2.45) is 5.73 Å². The molecule has 82 valence electrons. The first kappa shape index (κ1) is 10.5. The molecular formula is C12H18N2O. The highest BCUT2D eigenvalue weighted by atomic mass is 16.5. The molecule has 0 unspecified atom stereocenters. The third-order valence-corrected chi connectivity index (χ3v) is 3.09. The first-order valence-corrected chi connectivity index (χ1v) is 5.29. The molecule has 1 aliphatic heterocycles. The van der Waals surface area contributed by atoms with E-state index >= 15 is 0 Å². The molecule has 1 aromatic rings. The van der Waals surface area contributed by atoms with Gasteiger partial charge in [0.25, 0.3) is 0 Å². The van der Waals surface area contributed by atoms with E-state index in [1.54, 1.807) is 7.11 Å². The zero-order valence-electron chi connectivity index (χ0n) is 9.31. The van der Waals surface area contributed by atoms with Gasteiger partial charge in [-0.15, -0.1) is 0 Å². The van der Waals surface area contributed by atoms with Crippen LogP contribution in [0.1, 0.15) is 11.5 Å². The van der Waals surface area contributed by atoms with Crippen LogP contribution in [0.5, 0.6) is 5.75 Å². The standard InChI is InChI=1S/C12H18N2O/c1-14-7-10(11(13)8-14)9-5-3-4-6-12(9)15-2/h3-6,10-11H,7-8,13H2,1-2H3/t10-,11+/m0/s1. The van der Waals surface area contributed by atoms with E-state index in [9.17, 15) is 0 Å². The highest BCUT2D eigenvalue weighted by Gasteiger charge is 2.30. The average molecular weight is 206 g/mol. The number of nitrogens with two attached hydrogens (primary N) is 1. The normalized spacial score (nSPS) is 26.9. The Labute approximate surface area is 90.8 Å². The summed E-state index contributed by atoms with van der Waals surface area (Å²) in [6, 6.07) is 8.37. The molecule has 0 bridgehead atoms. The predicted octanol–water partition coefficient (Wildman–Crippen LogP) is 1.05. The molecule has 1 aromatic carbocycles. The fraction of sp³-hybridized carbons (Fsp3) is 0.500. The largest absolute Gasteiger partial charge is 0.496 e. The summed E-state index contributed by atoms with van der Waals surface area (Å²) in [5, 5.41) is 0. The van der Waals surface area contributed by atoms with Crippen LogP contribution in [0, 0.1) is 0 Å². The van der Waals surface area contributed by atoms with Crippen LogP contribution < -0.4 is 10.5 Å². The lowest BCUT2D eigenvalue weighted by atomic mass is 9.94. The fourth-order valence-electron chi connectivity index (χ4n) is 2.33. The number of methoxy groups -OCH3 is 1. The van der Waals surface area contributed by atoms with E-state index in [0.29, 0.717) is 5.92 Å². The molecule has 1 saturated heterocycles. The second kappa shape index (κ2) is 4.21. The van der Waals surface area contributed by atoms with Crippen molar-refractivity contribution in [3.8, 4) is 5.75 Å². The van der Waals surface area contributed by atoms with Crippen LogP contribution >= 0.6 is 0 Å². The molecule has 0 saturated carbocycles. The summed E-state index contributed by atoms with van der Waals surface area (Å²) in [7, 11) is 3.82. The quantitative estimate of drug-likeness (QED) is 0.786. The van der Waals surface area contributed by atoms with Gasteiger partial charge in [-0.3, -0.25) is 0 Å². The van der Waals surface area contributed by atoms with Gasteiger partial charge in [0.2, 0.25) is 0 Å². The number of hydrogen-bond acceptors (Lipinski definition) is 3. The van der Waals surface area contributed by atoms with E-state index in [1.165, 1.54) is 5.56 Å². The number of likely N-dealkylation sites (tertiary alicyclic amines) is 1. The van der Waals surface area contributed by atoms with Gasteiger partial charge in [0.15, 0.2) is 0 Å². The molecule has 0 amide bonds. The number of benzene rings is 1. The molecule has 3 heteroatoms. The lowest BCUT2D eigenvalue weighted by Crippen LogP contribution is -2.28. The molecule has 0 spiro atoms. The Morgan fingerprint density at radius 3 is 2.67 bits per heavy atom. The van der Waals surface area contributed by atoms with Crippen molar-refractivity contribution in [2.75, 3.05) is 27.2 Å². The Kier molecular flexibility index (Phi) is 2.93. The fourth-order valence-corrected chi connectivity index (χ4v) is 2.33. The third-order valence-electron chi connectivity index (χ3n) is 3.09. The van der Waals surface area contributed by atoms with Gasteiger partial charge < -0.3 is 15.4 Å². The van der Waals surface area contributed by atoms with Crippen molar-refractivity contribution in [1.82, 2.24) is 4.90 Å². The second-order valence-corrected chi connectivity index (χ2v) is 4.23. The van der Waals surface area contributed by atoms with Gasteiger partial charge in [0, 0.05) is 30.6 Å². The van der Waals surface area contributed by atoms with Crippen molar-refractivity contribution in [3.63, 3.8) is 0 Å². The minimum absolute atomic E-state index is 0.214. The predicted molar refractivity (Wildman–Crippen MR) is 61.2 cm³/mol. The van der Waals surface area contributed by atoms with Crippen molar-refractivity contribution < 1.29 is 4.74 Å². The maximum atomic E-state index is 6.13. The summed E-state index contributed by atoms with van der Waals surface area (Å²) in [6.07, 6.45) is 0. The Morgan fingerprint density at radius 1 is 1.33 bits per heavy atom. The first-order valence-electron chi connectivity index (χ1n) is 5.29. The number of ether oxygens (including phenoxy) is 1. The van der Waals surface area contributed by atoms with E-state index in [0.717, 1.165) is 18.8 Å². The van der Waals surface area contributed by atoms with Crippen LogP contribution in [-0.2, 0) is 0 Å². The number of rotatable bonds is 2. The first-order chi connectivity index (χ1) is 7.22. The van der Waals surface area contributed by atoms with E-state index in [2.05, 4.69) is 18.0 Å². The van der Waals surface area contributed by atoms with Gasteiger partial charge in [-0.05, 0) is 13.1 Å². The molecular weight excluding hydrogens is 188 g/mol. The van der Waals surface area contributed by atoms with Crippen molar-refractivity contribution in [1.29, 1.82) is 0 Å². The number of hydrogen-bond donors (Lipinski definition) is 1. The maximum absolute atomic E-state index is 6.13. The van der Waals surface area contributed by atoms with Gasteiger partial charge in [-0.25, -0.2) is 0 Å². The van der Waals surface area contributed by atoms with E-state index in [-0.39, 0.29) is 6.04 Å². The topological polar surface area (TPSA) is 38.5 Å². The van der Waals surface area contributed by atoms with E-state index in [1.807, 2.05) is 18.2 Å². The van der Waals surface area contributed by atoms with Gasteiger partial charge in [-0.1, -0.05) is 18.2 Å². The molecule has 0 aromatic heterocycles. The monoisotopic (exact) mass is 206 g/mol. The molecule has 15 heavy (non-hydrogen) atoms. The van der Waals surface area contributed by atoms with Gasteiger partial charge in [-0.2, -0.15) is 0 Å². The van der Waals surface area contributed by atoms with Crippen LogP contribution in [0.3, 0.4) is 0 Å². The van der Waals surface area contributed by atoms with Crippen LogP contribution in [0.25, 0.3) is 0 Å². The summed E-state index contributed by atoms with van der Waals surface area (Å²) in [5.74, 6) is 1.35. The third kappa shape index (κ3) is 1.98. The Hall–Kier alpha value is -1.06. The molecule has 2 N–H and O–H groups in total. The number of para-hydroxylation sites is 1. The van der Waals surface area contributed by atoms with Crippen LogP contribution in [0.4, 0.5) is 0 Å². The lowest BCUT2D eigenvalue weighted by Gasteiger charge is -2.17. The smallest absolute Gasteiger partial charge is 0.122 e. The summed E-state index contributed by atoms with van der Waals surface area (Å²) in [6.45, 7) is 1.98. The number of likely N-dealkylation sites (N-methyl/N-ethyl adjacent to an activating group) is 1. The van der Waals surface area contributed by atoms with Gasteiger partial charge in [0.1, 0.15) is 5.75 Å². The van der Waals surface area contributed by atoms with Crippen LogP contribution in [0.2, 0.25) is 0 Å². The van der Waals surface area contributed by atoms with Crippen molar-refractivity contribution >= 4 is 0 Å². The molecule has 2 rings (SSSR count). The zero-order chi connectivity index (χ0) is 10.8. The maximum Gasteiger partial charge on any atom is 0.122 e. The Balaban J connectivity index is 2.29. The molecule has 1 heterocycles. The van der Waals surface area contributed by atoms with Crippen LogP contribution in [0.15, 0.2) is 24.3 Å². The SMILES string of the molecule is COc1ccccc1[C@@H]1CN(C)C[C@H]1N. The van der Waals surface area contributed by atoms with Crippen molar-refractivity contribution in [3.05, 3.63) is 29.8 Å². The second-order valence-electron chi connectivity index (χ2n) is 4.23. The molecule has 1 fully saturated rings.